The molecule has 0 atom stereocenters. The number of amides is 1. The number of halogens is 1. The normalized spacial score (nSPS) is 11.0. The molecule has 5 heteroatoms. The Labute approximate surface area is 93.6 Å². The molecule has 0 bridgehead atoms. The zero-order valence-electron chi connectivity index (χ0n) is 9.50. The third kappa shape index (κ3) is 4.16. The van der Waals surface area contributed by atoms with Crippen molar-refractivity contribution in [3.05, 3.63) is 24.0 Å². The average molecular weight is 226 g/mol. The molecule has 0 saturated carbocycles. The van der Waals surface area contributed by atoms with Crippen LogP contribution >= 0.6 is 0 Å². The molecule has 0 heterocycles. The second kappa shape index (κ2) is 4.38. The molecule has 0 aliphatic heterocycles. The monoisotopic (exact) mass is 226 g/mol. The summed E-state index contributed by atoms with van der Waals surface area (Å²) in [6, 6.07) is 3.79. The van der Waals surface area contributed by atoms with Gasteiger partial charge in [-0.15, -0.1) is 0 Å². The highest BCUT2D eigenvalue weighted by Crippen LogP contribution is 2.16. The molecule has 0 unspecified atom stereocenters. The number of hydrogen-bond acceptors (Lipinski definition) is 3. The van der Waals surface area contributed by atoms with Gasteiger partial charge in [0, 0.05) is 11.4 Å². The molecule has 0 radical (unpaired) electrons. The number of anilines is 2. The van der Waals surface area contributed by atoms with E-state index in [2.05, 4.69) is 5.32 Å². The van der Waals surface area contributed by atoms with E-state index in [9.17, 15) is 9.18 Å². The van der Waals surface area contributed by atoms with E-state index in [0.717, 1.165) is 0 Å². The predicted octanol–water partition coefficient (Wildman–Crippen LogP) is 2.75. The molecule has 0 spiro atoms. The lowest BCUT2D eigenvalue weighted by Gasteiger charge is -2.19. The van der Waals surface area contributed by atoms with Crippen molar-refractivity contribution >= 4 is 17.5 Å². The number of ether oxygens (including phenoxy) is 1. The molecule has 0 saturated heterocycles. The van der Waals surface area contributed by atoms with Gasteiger partial charge in [-0.05, 0) is 39.0 Å². The van der Waals surface area contributed by atoms with Crippen LogP contribution in [0.5, 0.6) is 0 Å². The van der Waals surface area contributed by atoms with E-state index in [1.54, 1.807) is 20.8 Å². The van der Waals surface area contributed by atoms with Crippen LogP contribution in [0.1, 0.15) is 20.8 Å². The van der Waals surface area contributed by atoms with Gasteiger partial charge >= 0.3 is 6.09 Å². The summed E-state index contributed by atoms with van der Waals surface area (Å²) >= 11 is 0. The molecular weight excluding hydrogens is 211 g/mol. The Morgan fingerprint density at radius 1 is 1.38 bits per heavy atom. The van der Waals surface area contributed by atoms with Crippen LogP contribution in [0.15, 0.2) is 18.2 Å². The van der Waals surface area contributed by atoms with E-state index in [1.165, 1.54) is 18.2 Å². The first kappa shape index (κ1) is 12.3. The predicted molar refractivity (Wildman–Crippen MR) is 60.7 cm³/mol. The molecule has 0 aliphatic carbocycles. The molecule has 1 rings (SSSR count). The topological polar surface area (TPSA) is 64.3 Å². The van der Waals surface area contributed by atoms with Crippen LogP contribution in [0.25, 0.3) is 0 Å². The van der Waals surface area contributed by atoms with Crippen molar-refractivity contribution in [3.8, 4) is 0 Å². The first-order valence-corrected chi connectivity index (χ1v) is 4.82. The zero-order valence-corrected chi connectivity index (χ0v) is 9.50. The minimum absolute atomic E-state index is 0.242. The molecule has 4 nitrogen and oxygen atoms in total. The number of rotatable bonds is 1. The lowest BCUT2D eigenvalue weighted by molar-refractivity contribution is 0.0636. The largest absolute Gasteiger partial charge is 0.444 e. The van der Waals surface area contributed by atoms with Crippen molar-refractivity contribution in [2.24, 2.45) is 0 Å². The third-order valence-corrected chi connectivity index (χ3v) is 1.57. The number of carbonyl (C=O) groups excluding carboxylic acids is 1. The maximum Gasteiger partial charge on any atom is 0.412 e. The summed E-state index contributed by atoms with van der Waals surface area (Å²) in [5, 5.41) is 2.40. The number of benzene rings is 1. The van der Waals surface area contributed by atoms with Gasteiger partial charge in [-0.25, -0.2) is 9.18 Å². The van der Waals surface area contributed by atoms with Crippen molar-refractivity contribution in [3.63, 3.8) is 0 Å². The average Bonchev–Trinajstić information content (AvgIpc) is 1.96. The number of nitrogens with two attached hydrogens (primary N) is 1. The Kier molecular flexibility index (Phi) is 3.37. The van der Waals surface area contributed by atoms with Gasteiger partial charge < -0.3 is 10.5 Å². The molecule has 1 amide bonds. The summed E-state index contributed by atoms with van der Waals surface area (Å²) in [6.07, 6.45) is -0.641. The summed E-state index contributed by atoms with van der Waals surface area (Å²) < 4.78 is 18.0. The van der Waals surface area contributed by atoms with E-state index in [4.69, 9.17) is 10.5 Å². The lowest BCUT2D eigenvalue weighted by atomic mass is 10.2. The van der Waals surface area contributed by atoms with Crippen LogP contribution < -0.4 is 11.1 Å². The molecule has 0 aliphatic rings. The second-order valence-corrected chi connectivity index (χ2v) is 4.40. The first-order valence-electron chi connectivity index (χ1n) is 4.82. The summed E-state index contributed by atoms with van der Waals surface area (Å²) in [5.41, 5.74) is 5.35. The lowest BCUT2D eigenvalue weighted by Crippen LogP contribution is -2.27. The van der Waals surface area contributed by atoms with Crippen LogP contribution in [-0.4, -0.2) is 11.7 Å². The molecule has 0 aromatic heterocycles. The Balaban J connectivity index is 2.70. The number of nitrogen functional groups attached to an aromatic ring is 1. The number of hydrogen-bond donors (Lipinski definition) is 2. The van der Waals surface area contributed by atoms with Crippen LogP contribution in [-0.2, 0) is 4.74 Å². The second-order valence-electron chi connectivity index (χ2n) is 4.40. The van der Waals surface area contributed by atoms with Crippen LogP contribution in [0, 0.1) is 5.82 Å². The van der Waals surface area contributed by atoms with Gasteiger partial charge in [-0.2, -0.15) is 0 Å². The highest BCUT2D eigenvalue weighted by atomic mass is 19.1. The highest BCUT2D eigenvalue weighted by Gasteiger charge is 2.16. The van der Waals surface area contributed by atoms with Gasteiger partial charge in [0.25, 0.3) is 0 Å². The van der Waals surface area contributed by atoms with Crippen molar-refractivity contribution < 1.29 is 13.9 Å². The Bertz CT molecular complexity index is 379. The van der Waals surface area contributed by atoms with Crippen molar-refractivity contribution in [1.82, 2.24) is 0 Å². The van der Waals surface area contributed by atoms with E-state index < -0.39 is 17.5 Å². The summed E-state index contributed by atoms with van der Waals surface area (Å²) in [6.45, 7) is 5.23. The van der Waals surface area contributed by atoms with E-state index in [1.807, 2.05) is 0 Å². The van der Waals surface area contributed by atoms with E-state index in [0.29, 0.717) is 0 Å². The Morgan fingerprint density at radius 2 is 2.00 bits per heavy atom. The zero-order chi connectivity index (χ0) is 12.3. The van der Waals surface area contributed by atoms with Crippen molar-refractivity contribution in [2.75, 3.05) is 11.1 Å². The van der Waals surface area contributed by atoms with Gasteiger partial charge in [-0.3, -0.25) is 5.32 Å². The van der Waals surface area contributed by atoms with E-state index in [-0.39, 0.29) is 11.4 Å². The van der Waals surface area contributed by atoms with Gasteiger partial charge in [-0.1, -0.05) is 0 Å². The first-order chi connectivity index (χ1) is 7.26. The van der Waals surface area contributed by atoms with Crippen molar-refractivity contribution in [1.29, 1.82) is 0 Å². The summed E-state index contributed by atoms with van der Waals surface area (Å²) in [5.74, 6) is -0.508. The SMILES string of the molecule is CC(C)(C)OC(=O)Nc1cc(N)cc(F)c1. The third-order valence-electron chi connectivity index (χ3n) is 1.57. The van der Waals surface area contributed by atoms with Gasteiger partial charge in [0.05, 0.1) is 0 Å². The van der Waals surface area contributed by atoms with Crippen LogP contribution in [0.3, 0.4) is 0 Å². The molecule has 88 valence electrons. The van der Waals surface area contributed by atoms with Crippen LogP contribution in [0.4, 0.5) is 20.6 Å². The minimum atomic E-state index is -0.641. The molecule has 1 aromatic carbocycles. The number of carbonyl (C=O) groups is 1. The maximum atomic E-state index is 12.9. The smallest absolute Gasteiger partial charge is 0.412 e. The highest BCUT2D eigenvalue weighted by molar-refractivity contribution is 5.85. The standard InChI is InChI=1S/C11H15FN2O2/c1-11(2,3)16-10(15)14-9-5-7(12)4-8(13)6-9/h4-6H,13H2,1-3H3,(H,14,15). The quantitative estimate of drug-likeness (QED) is 0.723. The van der Waals surface area contributed by atoms with Gasteiger partial charge in [0.2, 0.25) is 0 Å². The summed E-state index contributed by atoms with van der Waals surface area (Å²) in [4.78, 5) is 11.4. The van der Waals surface area contributed by atoms with E-state index >= 15 is 0 Å². The molecule has 1 aromatic rings. The molecule has 16 heavy (non-hydrogen) atoms. The van der Waals surface area contributed by atoms with Crippen LogP contribution in [0.2, 0.25) is 0 Å². The fourth-order valence-corrected chi connectivity index (χ4v) is 1.11. The molecule has 3 N–H and O–H groups in total. The molecule has 0 fully saturated rings. The fourth-order valence-electron chi connectivity index (χ4n) is 1.11. The Morgan fingerprint density at radius 3 is 2.50 bits per heavy atom. The summed E-state index contributed by atoms with van der Waals surface area (Å²) in [7, 11) is 0. The number of nitrogens with one attached hydrogen (secondary N) is 1. The minimum Gasteiger partial charge on any atom is -0.444 e. The molecular formula is C11H15FN2O2. The van der Waals surface area contributed by atoms with Gasteiger partial charge in [0.15, 0.2) is 0 Å². The van der Waals surface area contributed by atoms with Crippen molar-refractivity contribution in [2.45, 2.75) is 26.4 Å². The van der Waals surface area contributed by atoms with Gasteiger partial charge in [0.1, 0.15) is 11.4 Å². The fraction of sp³-hybridized carbons (Fsp3) is 0.364. The Hall–Kier alpha value is -1.78. The maximum absolute atomic E-state index is 12.9.